The van der Waals surface area contributed by atoms with Crippen molar-refractivity contribution in [1.82, 2.24) is 4.31 Å². The van der Waals surface area contributed by atoms with E-state index < -0.39 is 11.0 Å². The summed E-state index contributed by atoms with van der Waals surface area (Å²) in [6, 6.07) is 20.0. The lowest BCUT2D eigenvalue weighted by Crippen LogP contribution is -2.43. The van der Waals surface area contributed by atoms with E-state index in [2.05, 4.69) is 14.5 Å². The van der Waals surface area contributed by atoms with Crippen LogP contribution in [-0.4, -0.2) is 53.9 Å². The number of anilines is 3. The molecule has 0 spiro atoms. The van der Waals surface area contributed by atoms with E-state index in [0.717, 1.165) is 36.8 Å². The molecule has 1 heterocycles. The minimum Gasteiger partial charge on any atom is -0.369 e. The van der Waals surface area contributed by atoms with Crippen LogP contribution >= 0.6 is 35.1 Å². The van der Waals surface area contributed by atoms with Gasteiger partial charge in [0, 0.05) is 65.8 Å². The van der Waals surface area contributed by atoms with Gasteiger partial charge in [-0.15, -0.1) is 0 Å². The molecule has 1 aliphatic rings. The van der Waals surface area contributed by atoms with E-state index in [1.54, 1.807) is 37.2 Å². The Morgan fingerprint density at radius 1 is 1.03 bits per heavy atom. The SMILES string of the molecule is CN(c1ccc(C#N)cc1C(=O)Nc1ccc(SN2CCN(c3cc(Cl)cc(Cl)c3)CC2)cc1)S(C)=O. The number of nitriles is 1. The van der Waals surface area contributed by atoms with Gasteiger partial charge in [-0.2, -0.15) is 5.26 Å². The first-order valence-electron chi connectivity index (χ1n) is 11.4. The van der Waals surface area contributed by atoms with E-state index in [9.17, 15) is 14.3 Å². The summed E-state index contributed by atoms with van der Waals surface area (Å²) in [6.07, 6.45) is 1.53. The standard InChI is InChI=1S/C26H25Cl2N5O2S2/c1-31(37(2)35)25-8-3-18(17-29)13-24(25)26(34)30-21-4-6-23(7-5-21)36-33-11-9-32(10-12-33)22-15-19(27)14-20(28)16-22/h3-8,13-16H,9-12H2,1-2H3,(H,30,34). The number of hydrogen-bond acceptors (Lipinski definition) is 6. The van der Waals surface area contributed by atoms with E-state index in [4.69, 9.17) is 23.2 Å². The van der Waals surface area contributed by atoms with Crippen LogP contribution in [0.4, 0.5) is 17.1 Å². The van der Waals surface area contributed by atoms with Crippen LogP contribution in [0.25, 0.3) is 0 Å². The van der Waals surface area contributed by atoms with Crippen molar-refractivity contribution in [3.05, 3.63) is 81.8 Å². The first-order valence-corrected chi connectivity index (χ1v) is 14.4. The number of halogens is 2. The van der Waals surface area contributed by atoms with E-state index in [0.29, 0.717) is 27.0 Å². The molecule has 4 rings (SSSR count). The zero-order valence-corrected chi connectivity index (χ0v) is 23.4. The lowest BCUT2D eigenvalue weighted by molar-refractivity contribution is 0.102. The maximum Gasteiger partial charge on any atom is 0.257 e. The van der Waals surface area contributed by atoms with E-state index >= 15 is 0 Å². The molecule has 37 heavy (non-hydrogen) atoms. The molecule has 1 unspecified atom stereocenters. The molecule has 1 amide bonds. The van der Waals surface area contributed by atoms with Crippen LogP contribution in [0.15, 0.2) is 65.6 Å². The monoisotopic (exact) mass is 573 g/mol. The van der Waals surface area contributed by atoms with Gasteiger partial charge in [-0.05, 0) is 72.6 Å². The third-order valence-corrected chi connectivity index (χ3v) is 8.40. The first kappa shape index (κ1) is 27.3. The van der Waals surface area contributed by atoms with Gasteiger partial charge in [0.2, 0.25) is 0 Å². The van der Waals surface area contributed by atoms with Gasteiger partial charge in [0.25, 0.3) is 5.91 Å². The topological polar surface area (TPSA) is 79.7 Å². The Morgan fingerprint density at radius 2 is 1.68 bits per heavy atom. The molecule has 3 aromatic rings. The van der Waals surface area contributed by atoms with E-state index in [-0.39, 0.29) is 11.5 Å². The number of amides is 1. The van der Waals surface area contributed by atoms with Gasteiger partial charge in [-0.3, -0.25) is 9.10 Å². The van der Waals surface area contributed by atoms with Gasteiger partial charge in [-0.25, -0.2) is 8.51 Å². The van der Waals surface area contributed by atoms with Crippen LogP contribution in [0.1, 0.15) is 15.9 Å². The minimum atomic E-state index is -1.32. The molecule has 0 aromatic heterocycles. The van der Waals surface area contributed by atoms with Gasteiger partial charge in [0.05, 0.1) is 22.9 Å². The predicted octanol–water partition coefficient (Wildman–Crippen LogP) is 5.68. The molecule has 1 atom stereocenters. The summed E-state index contributed by atoms with van der Waals surface area (Å²) in [6.45, 7) is 3.47. The van der Waals surface area contributed by atoms with Crippen LogP contribution in [0.3, 0.4) is 0 Å². The van der Waals surface area contributed by atoms with Crippen molar-refractivity contribution in [2.45, 2.75) is 4.90 Å². The van der Waals surface area contributed by atoms with Gasteiger partial charge < -0.3 is 10.2 Å². The lowest BCUT2D eigenvalue weighted by Gasteiger charge is -2.35. The molecule has 1 fully saturated rings. The largest absolute Gasteiger partial charge is 0.369 e. The Morgan fingerprint density at radius 3 is 2.27 bits per heavy atom. The van der Waals surface area contributed by atoms with Gasteiger partial charge in [-0.1, -0.05) is 23.2 Å². The highest BCUT2D eigenvalue weighted by Crippen LogP contribution is 2.30. The van der Waals surface area contributed by atoms with Crippen LogP contribution in [0.5, 0.6) is 0 Å². The van der Waals surface area contributed by atoms with Gasteiger partial charge in [0.15, 0.2) is 0 Å². The molecule has 11 heteroatoms. The fraction of sp³-hybridized carbons (Fsp3) is 0.231. The van der Waals surface area contributed by atoms with Crippen LogP contribution in [0.2, 0.25) is 10.0 Å². The number of nitrogens with zero attached hydrogens (tertiary/aromatic N) is 4. The number of benzene rings is 3. The third-order valence-electron chi connectivity index (χ3n) is 5.89. The number of carbonyl (C=O) groups excluding carboxylic acids is 1. The van der Waals surface area contributed by atoms with E-state index in [1.807, 2.05) is 42.5 Å². The predicted molar refractivity (Wildman–Crippen MR) is 154 cm³/mol. The number of rotatable bonds is 7. The summed E-state index contributed by atoms with van der Waals surface area (Å²) in [4.78, 5) is 16.4. The minimum absolute atomic E-state index is 0.286. The average molecular weight is 575 g/mol. The second kappa shape index (κ2) is 12.2. The summed E-state index contributed by atoms with van der Waals surface area (Å²) in [5.74, 6) is -0.373. The zero-order valence-electron chi connectivity index (χ0n) is 20.3. The number of carbonyl (C=O) groups is 1. The van der Waals surface area contributed by atoms with Gasteiger partial charge >= 0.3 is 0 Å². The molecule has 1 aliphatic heterocycles. The van der Waals surface area contributed by atoms with Crippen molar-refractivity contribution in [2.75, 3.05) is 54.0 Å². The van der Waals surface area contributed by atoms with Crippen molar-refractivity contribution in [3.63, 3.8) is 0 Å². The highest BCUT2D eigenvalue weighted by molar-refractivity contribution is 7.97. The highest BCUT2D eigenvalue weighted by atomic mass is 35.5. The van der Waals surface area contributed by atoms with Crippen molar-refractivity contribution >= 4 is 69.1 Å². The molecule has 0 bridgehead atoms. The quantitative estimate of drug-likeness (QED) is 0.366. The summed E-state index contributed by atoms with van der Waals surface area (Å²) in [5.41, 5.74) is 2.79. The summed E-state index contributed by atoms with van der Waals surface area (Å²) >= 11 is 14.0. The van der Waals surface area contributed by atoms with Crippen LogP contribution in [0, 0.1) is 11.3 Å². The zero-order chi connectivity index (χ0) is 26.5. The second-order valence-electron chi connectivity index (χ2n) is 8.38. The molecule has 3 aromatic carbocycles. The number of piperazine rings is 1. The molecule has 0 aliphatic carbocycles. The third kappa shape index (κ3) is 6.98. The highest BCUT2D eigenvalue weighted by Gasteiger charge is 2.20. The van der Waals surface area contributed by atoms with Crippen molar-refractivity contribution in [2.24, 2.45) is 0 Å². The van der Waals surface area contributed by atoms with Crippen molar-refractivity contribution in [1.29, 1.82) is 5.26 Å². The lowest BCUT2D eigenvalue weighted by atomic mass is 10.1. The summed E-state index contributed by atoms with van der Waals surface area (Å²) < 4.78 is 15.8. The second-order valence-corrected chi connectivity index (χ2v) is 11.8. The Balaban J connectivity index is 1.37. The molecule has 7 nitrogen and oxygen atoms in total. The molecule has 1 saturated heterocycles. The molecule has 1 N–H and O–H groups in total. The molecular formula is C26H25Cl2N5O2S2. The molecule has 0 radical (unpaired) electrons. The van der Waals surface area contributed by atoms with Crippen molar-refractivity contribution in [3.8, 4) is 6.07 Å². The normalized spacial score (nSPS) is 14.6. The summed E-state index contributed by atoms with van der Waals surface area (Å²) in [5, 5.41) is 13.4. The Kier molecular flexibility index (Phi) is 9.00. The first-order chi connectivity index (χ1) is 17.7. The van der Waals surface area contributed by atoms with E-state index in [1.165, 1.54) is 16.6 Å². The smallest absolute Gasteiger partial charge is 0.257 e. The van der Waals surface area contributed by atoms with Crippen LogP contribution in [-0.2, 0) is 11.0 Å². The number of hydrogen-bond donors (Lipinski definition) is 1. The average Bonchev–Trinajstić information content (AvgIpc) is 2.88. The van der Waals surface area contributed by atoms with Gasteiger partial charge in [0.1, 0.15) is 11.0 Å². The molecular weight excluding hydrogens is 549 g/mol. The van der Waals surface area contributed by atoms with Crippen LogP contribution < -0.4 is 14.5 Å². The Bertz CT molecular complexity index is 1340. The Labute approximate surface area is 233 Å². The fourth-order valence-corrected chi connectivity index (χ4v) is 5.76. The molecule has 192 valence electrons. The maximum atomic E-state index is 13.0. The number of nitrogens with one attached hydrogen (secondary N) is 1. The molecule has 0 saturated carbocycles. The summed E-state index contributed by atoms with van der Waals surface area (Å²) in [7, 11) is 0.326. The van der Waals surface area contributed by atoms with Crippen molar-refractivity contribution < 1.29 is 9.00 Å². The maximum absolute atomic E-state index is 13.0. The fourth-order valence-electron chi connectivity index (χ4n) is 3.91. The Hall–Kier alpha value is -2.74.